The fourth-order valence-electron chi connectivity index (χ4n) is 2.24. The van der Waals surface area contributed by atoms with Crippen LogP contribution < -0.4 is 5.32 Å². The van der Waals surface area contributed by atoms with Gasteiger partial charge in [-0.15, -0.1) is 0 Å². The van der Waals surface area contributed by atoms with Crippen molar-refractivity contribution in [2.75, 3.05) is 26.3 Å². The molecule has 2 rings (SSSR count). The van der Waals surface area contributed by atoms with Crippen LogP contribution in [-0.2, 0) is 16.0 Å². The monoisotopic (exact) mass is 295 g/mol. The second-order valence-corrected chi connectivity index (χ2v) is 6.23. The van der Waals surface area contributed by atoms with Gasteiger partial charge in [0.15, 0.2) is 0 Å². The third-order valence-corrected chi connectivity index (χ3v) is 3.21. The van der Waals surface area contributed by atoms with E-state index in [9.17, 15) is 4.79 Å². The van der Waals surface area contributed by atoms with Gasteiger partial charge in [0.05, 0.1) is 19.3 Å². The quantitative estimate of drug-likeness (QED) is 0.888. The number of carbonyl (C=O) groups excluding carboxylic acids is 1. The average molecular weight is 295 g/mol. The van der Waals surface area contributed by atoms with Crippen molar-refractivity contribution in [3.63, 3.8) is 0 Å². The molecule has 0 saturated carbocycles. The number of nitrogens with zero attached hydrogens (tertiary/aromatic N) is 1. The maximum absolute atomic E-state index is 12.2. The molecule has 0 radical (unpaired) electrons. The molecule has 0 aliphatic carbocycles. The van der Waals surface area contributed by atoms with E-state index in [1.807, 2.05) is 39.1 Å². The molecule has 1 aromatic rings. The van der Waals surface area contributed by atoms with E-state index in [1.165, 1.54) is 0 Å². The number of H-pyrrole nitrogens is 1. The van der Waals surface area contributed by atoms with E-state index in [0.29, 0.717) is 26.3 Å². The molecular formula is C15H25N3O3. The Labute approximate surface area is 125 Å². The minimum absolute atomic E-state index is 0.00330. The van der Waals surface area contributed by atoms with Crippen LogP contribution in [0.25, 0.3) is 0 Å². The number of ether oxygens (including phenoxy) is 2. The number of aromatic amines is 1. The standard InChI is InChI=1S/C15H25N3O3/c1-15(2,3)21-14(19)18-7-8-20-11-13(18)10-16-9-12-5-4-6-17-12/h4-6,13,16-17H,7-11H2,1-3H3. The Bertz CT molecular complexity index is 440. The van der Waals surface area contributed by atoms with Gasteiger partial charge in [-0.25, -0.2) is 4.79 Å². The Balaban J connectivity index is 1.84. The summed E-state index contributed by atoms with van der Waals surface area (Å²) in [5.41, 5.74) is 0.646. The number of amides is 1. The maximum atomic E-state index is 12.2. The minimum atomic E-state index is -0.475. The van der Waals surface area contributed by atoms with Gasteiger partial charge in [-0.2, -0.15) is 0 Å². The highest BCUT2D eigenvalue weighted by atomic mass is 16.6. The van der Waals surface area contributed by atoms with Gasteiger partial charge in [0.1, 0.15) is 5.60 Å². The summed E-state index contributed by atoms with van der Waals surface area (Å²) in [5.74, 6) is 0. The predicted molar refractivity (Wildman–Crippen MR) is 80.0 cm³/mol. The fourth-order valence-corrected chi connectivity index (χ4v) is 2.24. The van der Waals surface area contributed by atoms with Crippen molar-refractivity contribution in [1.82, 2.24) is 15.2 Å². The van der Waals surface area contributed by atoms with E-state index in [2.05, 4.69) is 10.3 Å². The highest BCUT2D eigenvalue weighted by Gasteiger charge is 2.30. The van der Waals surface area contributed by atoms with E-state index in [0.717, 1.165) is 12.2 Å². The zero-order valence-electron chi connectivity index (χ0n) is 13.0. The zero-order chi connectivity index (χ0) is 15.3. The van der Waals surface area contributed by atoms with Crippen LogP contribution >= 0.6 is 0 Å². The molecule has 1 fully saturated rings. The van der Waals surface area contributed by atoms with Gasteiger partial charge >= 0.3 is 6.09 Å². The highest BCUT2D eigenvalue weighted by Crippen LogP contribution is 2.14. The molecule has 2 N–H and O–H groups in total. The van der Waals surface area contributed by atoms with Gasteiger partial charge in [-0.05, 0) is 32.9 Å². The predicted octanol–water partition coefficient (Wildman–Crippen LogP) is 1.74. The van der Waals surface area contributed by atoms with Crippen LogP contribution in [0.15, 0.2) is 18.3 Å². The van der Waals surface area contributed by atoms with Crippen LogP contribution in [-0.4, -0.2) is 53.9 Å². The molecule has 2 heterocycles. The van der Waals surface area contributed by atoms with E-state index < -0.39 is 5.60 Å². The largest absolute Gasteiger partial charge is 0.444 e. The lowest BCUT2D eigenvalue weighted by atomic mass is 10.2. The minimum Gasteiger partial charge on any atom is -0.444 e. The molecule has 1 aliphatic heterocycles. The van der Waals surface area contributed by atoms with Crippen LogP contribution in [0, 0.1) is 0 Å². The molecule has 1 saturated heterocycles. The number of nitrogens with one attached hydrogen (secondary N) is 2. The molecule has 1 amide bonds. The van der Waals surface area contributed by atoms with Gasteiger partial charge < -0.3 is 19.8 Å². The SMILES string of the molecule is CC(C)(C)OC(=O)N1CCOCC1CNCc1ccc[nH]1. The van der Waals surface area contributed by atoms with Crippen molar-refractivity contribution in [2.45, 2.75) is 39.0 Å². The van der Waals surface area contributed by atoms with E-state index >= 15 is 0 Å². The Morgan fingerprint density at radius 3 is 3.05 bits per heavy atom. The summed E-state index contributed by atoms with van der Waals surface area (Å²) in [4.78, 5) is 17.1. The van der Waals surface area contributed by atoms with Gasteiger partial charge in [0, 0.05) is 31.5 Å². The molecule has 21 heavy (non-hydrogen) atoms. The van der Waals surface area contributed by atoms with Crippen LogP contribution in [0.1, 0.15) is 26.5 Å². The van der Waals surface area contributed by atoms with Gasteiger partial charge in [-0.1, -0.05) is 0 Å². The summed E-state index contributed by atoms with van der Waals surface area (Å²) in [7, 11) is 0. The average Bonchev–Trinajstić information content (AvgIpc) is 2.90. The molecule has 118 valence electrons. The summed E-state index contributed by atoms with van der Waals surface area (Å²) in [6, 6.07) is 3.99. The number of rotatable bonds is 4. The lowest BCUT2D eigenvalue weighted by Crippen LogP contribution is -2.54. The number of carbonyl (C=O) groups is 1. The summed E-state index contributed by atoms with van der Waals surface area (Å²) in [6.45, 7) is 8.73. The van der Waals surface area contributed by atoms with Crippen molar-refractivity contribution in [3.05, 3.63) is 24.0 Å². The van der Waals surface area contributed by atoms with Crippen LogP contribution in [0.3, 0.4) is 0 Å². The first-order valence-electron chi connectivity index (χ1n) is 7.36. The third kappa shape index (κ3) is 5.06. The Kier molecular flexibility index (Phi) is 5.25. The molecular weight excluding hydrogens is 270 g/mol. The van der Waals surface area contributed by atoms with Crippen molar-refractivity contribution in [1.29, 1.82) is 0 Å². The first kappa shape index (κ1) is 15.9. The van der Waals surface area contributed by atoms with Crippen molar-refractivity contribution in [3.8, 4) is 0 Å². The molecule has 0 bridgehead atoms. The van der Waals surface area contributed by atoms with Gasteiger partial charge in [0.25, 0.3) is 0 Å². The van der Waals surface area contributed by atoms with Crippen LogP contribution in [0.5, 0.6) is 0 Å². The third-order valence-electron chi connectivity index (χ3n) is 3.21. The first-order chi connectivity index (χ1) is 9.96. The number of morpholine rings is 1. The summed E-state index contributed by atoms with van der Waals surface area (Å²) in [5, 5.41) is 3.34. The van der Waals surface area contributed by atoms with Crippen molar-refractivity contribution < 1.29 is 14.3 Å². The molecule has 0 aromatic carbocycles. The second-order valence-electron chi connectivity index (χ2n) is 6.23. The summed E-state index contributed by atoms with van der Waals surface area (Å²) in [6.07, 6.45) is 1.63. The molecule has 1 atom stereocenters. The molecule has 1 unspecified atom stereocenters. The summed E-state index contributed by atoms with van der Waals surface area (Å²) >= 11 is 0. The second kappa shape index (κ2) is 6.95. The molecule has 6 nitrogen and oxygen atoms in total. The van der Waals surface area contributed by atoms with E-state index in [4.69, 9.17) is 9.47 Å². The molecule has 1 aromatic heterocycles. The Hall–Kier alpha value is -1.53. The van der Waals surface area contributed by atoms with Crippen molar-refractivity contribution in [2.24, 2.45) is 0 Å². The highest BCUT2D eigenvalue weighted by molar-refractivity contribution is 5.68. The smallest absolute Gasteiger partial charge is 0.410 e. The van der Waals surface area contributed by atoms with Gasteiger partial charge in [-0.3, -0.25) is 4.90 Å². The molecule has 1 aliphatic rings. The first-order valence-corrected chi connectivity index (χ1v) is 7.36. The summed E-state index contributed by atoms with van der Waals surface area (Å²) < 4.78 is 10.9. The lowest BCUT2D eigenvalue weighted by molar-refractivity contribution is -0.0317. The molecule has 0 spiro atoms. The topological polar surface area (TPSA) is 66.6 Å². The zero-order valence-corrected chi connectivity index (χ0v) is 13.0. The van der Waals surface area contributed by atoms with E-state index in [-0.39, 0.29) is 12.1 Å². The molecule has 6 heteroatoms. The number of hydrogen-bond acceptors (Lipinski definition) is 4. The van der Waals surface area contributed by atoms with E-state index in [1.54, 1.807) is 4.90 Å². The normalized spacial score (nSPS) is 19.6. The fraction of sp³-hybridized carbons (Fsp3) is 0.667. The number of aromatic nitrogens is 1. The van der Waals surface area contributed by atoms with Crippen LogP contribution in [0.2, 0.25) is 0 Å². The maximum Gasteiger partial charge on any atom is 0.410 e. The van der Waals surface area contributed by atoms with Crippen molar-refractivity contribution >= 4 is 6.09 Å². The van der Waals surface area contributed by atoms with Crippen LogP contribution in [0.4, 0.5) is 4.79 Å². The Morgan fingerprint density at radius 2 is 2.38 bits per heavy atom. The lowest BCUT2D eigenvalue weighted by Gasteiger charge is -2.36. The number of hydrogen-bond donors (Lipinski definition) is 2. The Morgan fingerprint density at radius 1 is 1.57 bits per heavy atom. The van der Waals surface area contributed by atoms with Gasteiger partial charge in [0.2, 0.25) is 0 Å².